The number of benzene rings is 6. The van der Waals surface area contributed by atoms with Crippen LogP contribution in [0.3, 0.4) is 0 Å². The number of hydrogen-bond acceptors (Lipinski definition) is 14. The Morgan fingerprint density at radius 3 is 0.562 bits per heavy atom. The van der Waals surface area contributed by atoms with Crippen LogP contribution in [0.2, 0.25) is 0 Å². The van der Waals surface area contributed by atoms with Crippen LogP contribution in [-0.2, 0) is 96.3 Å². The van der Waals surface area contributed by atoms with E-state index in [2.05, 4.69) is 0 Å². The summed E-state index contributed by atoms with van der Waals surface area (Å²) < 4.78 is 0. The van der Waals surface area contributed by atoms with Crippen LogP contribution >= 0.6 is 0 Å². The van der Waals surface area contributed by atoms with E-state index in [1.807, 2.05) is 182 Å². The fraction of sp³-hybridized carbons (Fsp3) is 0.182. The molecule has 0 amide bonds. The fourth-order valence-electron chi connectivity index (χ4n) is 10.4. The lowest BCUT2D eigenvalue weighted by Crippen LogP contribution is -2.39. The summed E-state index contributed by atoms with van der Waals surface area (Å²) in [5.74, 6) is -8.09. The number of nitrogens with zero attached hydrogens (tertiary/aromatic N) is 2. The highest BCUT2D eigenvalue weighted by Gasteiger charge is 2.36. The van der Waals surface area contributed by atoms with Gasteiger partial charge in [0.05, 0.1) is 35.5 Å². The Morgan fingerprint density at radius 1 is 0.250 bits per heavy atom. The molecule has 6 aliphatic rings. The standard InChI is InChI=1S/2C33H27NO6/c2*35-31(28-16-13-22-7-1-4-10-25(22)19-28)38-34(39-32(36)29-17-14-23-8-2-5-11-26(23)20-29)40-33(37)30-18-15-24-9-3-6-12-27(24)21-30/h2*1-18,28-30H,19-21H2. The van der Waals surface area contributed by atoms with Gasteiger partial charge in [0, 0.05) is 0 Å². The van der Waals surface area contributed by atoms with E-state index in [9.17, 15) is 28.8 Å². The highest BCUT2D eigenvalue weighted by atomic mass is 17.2. The fourth-order valence-corrected chi connectivity index (χ4v) is 10.4. The molecule has 80 heavy (non-hydrogen) atoms. The summed E-state index contributed by atoms with van der Waals surface area (Å²) in [6.45, 7) is 0. The second-order valence-electron chi connectivity index (χ2n) is 20.1. The molecule has 14 nitrogen and oxygen atoms in total. The first-order valence-corrected chi connectivity index (χ1v) is 26.5. The number of carbonyl (C=O) groups is 6. The third kappa shape index (κ3) is 12.4. The van der Waals surface area contributed by atoms with Crippen molar-refractivity contribution in [1.82, 2.24) is 10.8 Å². The van der Waals surface area contributed by atoms with Crippen molar-refractivity contribution in [2.45, 2.75) is 38.5 Å². The topological polar surface area (TPSA) is 164 Å². The molecule has 14 heteroatoms. The normalized spacial score (nSPS) is 20.2. The lowest BCUT2D eigenvalue weighted by Gasteiger charge is -2.25. The SMILES string of the molecule is O=C(ON(OC(=O)C1C=Cc2ccccc2C1)OC(=O)C1C=Cc2ccccc2C1)C1C=Cc2ccccc2C1.O=C(ON(OC(=O)C1C=Cc2ccccc2C1)OC(=O)C1C=Cc2ccccc2C1)C1C=Cc2ccccc2C1. The van der Waals surface area contributed by atoms with Crippen molar-refractivity contribution in [2.75, 3.05) is 0 Å². The Balaban J connectivity index is 0.000000169. The van der Waals surface area contributed by atoms with Gasteiger partial charge in [0.2, 0.25) is 10.8 Å². The maximum atomic E-state index is 13.1. The molecule has 6 atom stereocenters. The molecule has 0 radical (unpaired) electrons. The quantitative estimate of drug-likeness (QED) is 0.106. The molecule has 6 aromatic rings. The zero-order chi connectivity index (χ0) is 55.0. The van der Waals surface area contributed by atoms with Gasteiger partial charge in [-0.05, 0) is 105 Å². The van der Waals surface area contributed by atoms with Gasteiger partial charge < -0.3 is 0 Å². The Kier molecular flexibility index (Phi) is 15.8. The summed E-state index contributed by atoms with van der Waals surface area (Å²) in [4.78, 5) is 111. The van der Waals surface area contributed by atoms with Crippen molar-refractivity contribution in [2.24, 2.45) is 35.5 Å². The van der Waals surface area contributed by atoms with Crippen LogP contribution in [0.1, 0.15) is 66.8 Å². The summed E-state index contributed by atoms with van der Waals surface area (Å²) in [5, 5.41) is 0.564. The summed E-state index contributed by atoms with van der Waals surface area (Å²) >= 11 is 0. The van der Waals surface area contributed by atoms with E-state index >= 15 is 0 Å². The minimum atomic E-state index is -0.708. The molecule has 0 heterocycles. The first-order valence-electron chi connectivity index (χ1n) is 26.5. The third-order valence-electron chi connectivity index (χ3n) is 14.8. The van der Waals surface area contributed by atoms with Crippen molar-refractivity contribution in [3.05, 3.63) is 249 Å². The monoisotopic (exact) mass is 1070 g/mol. The minimum Gasteiger partial charge on any atom is -0.300 e. The van der Waals surface area contributed by atoms with Gasteiger partial charge in [0.15, 0.2) is 0 Å². The van der Waals surface area contributed by atoms with Gasteiger partial charge in [-0.15, -0.1) is 0 Å². The lowest BCUT2D eigenvalue weighted by atomic mass is 9.90. The van der Waals surface area contributed by atoms with Crippen LogP contribution in [-0.4, -0.2) is 46.6 Å². The average Bonchev–Trinajstić information content (AvgIpc) is 3.51. The van der Waals surface area contributed by atoms with Crippen molar-refractivity contribution < 1.29 is 57.8 Å². The van der Waals surface area contributed by atoms with Crippen molar-refractivity contribution >= 4 is 72.3 Å². The summed E-state index contributed by atoms with van der Waals surface area (Å²) in [7, 11) is 0. The van der Waals surface area contributed by atoms with Crippen molar-refractivity contribution in [3.8, 4) is 0 Å². The van der Waals surface area contributed by atoms with Crippen LogP contribution in [0.25, 0.3) is 36.5 Å². The molecular formula is C66H54N2O12. The Labute approximate surface area is 461 Å². The predicted octanol–water partition coefficient (Wildman–Crippen LogP) is 10.6. The molecule has 0 bridgehead atoms. The number of fused-ring (bicyclic) bond motifs is 6. The first kappa shape index (κ1) is 52.5. The van der Waals surface area contributed by atoms with Gasteiger partial charge in [0.25, 0.3) is 0 Å². The number of rotatable bonds is 12. The molecule has 0 aliphatic heterocycles. The van der Waals surface area contributed by atoms with Crippen LogP contribution in [0.15, 0.2) is 182 Å². The van der Waals surface area contributed by atoms with E-state index in [4.69, 9.17) is 29.0 Å². The molecular weight excluding hydrogens is 1010 g/mol. The van der Waals surface area contributed by atoms with Crippen LogP contribution < -0.4 is 0 Å². The summed E-state index contributed by atoms with van der Waals surface area (Å²) in [5.41, 5.74) is 12.1. The van der Waals surface area contributed by atoms with Crippen LogP contribution in [0.4, 0.5) is 0 Å². The van der Waals surface area contributed by atoms with Gasteiger partial charge in [-0.2, -0.15) is 0 Å². The first-order chi connectivity index (χ1) is 39.1. The Hall–Kier alpha value is -9.50. The molecule has 0 spiro atoms. The zero-order valence-electron chi connectivity index (χ0n) is 43.3. The Morgan fingerprint density at radius 2 is 0.400 bits per heavy atom. The van der Waals surface area contributed by atoms with Crippen molar-refractivity contribution in [3.63, 3.8) is 0 Å². The predicted molar refractivity (Wildman–Crippen MR) is 296 cm³/mol. The average molecular weight is 1070 g/mol. The minimum absolute atomic E-state index is 0.282. The van der Waals surface area contributed by atoms with Gasteiger partial charge in [-0.3, -0.25) is 29.0 Å². The smallest absolute Gasteiger partial charge is 0.300 e. The maximum Gasteiger partial charge on any atom is 0.339 e. The highest BCUT2D eigenvalue weighted by molar-refractivity contribution is 5.83. The molecule has 0 fully saturated rings. The largest absolute Gasteiger partial charge is 0.339 e. The highest BCUT2D eigenvalue weighted by Crippen LogP contribution is 2.31. The second kappa shape index (κ2) is 24.0. The molecule has 0 N–H and O–H groups in total. The maximum absolute atomic E-state index is 13.1. The second-order valence-corrected chi connectivity index (χ2v) is 20.1. The zero-order valence-corrected chi connectivity index (χ0v) is 43.3. The van der Waals surface area contributed by atoms with Gasteiger partial charge >= 0.3 is 35.8 Å². The van der Waals surface area contributed by atoms with Gasteiger partial charge in [-0.25, -0.2) is 28.8 Å². The van der Waals surface area contributed by atoms with E-state index in [0.717, 1.165) is 66.8 Å². The molecule has 6 unspecified atom stereocenters. The lowest BCUT2D eigenvalue weighted by molar-refractivity contribution is -0.467. The van der Waals surface area contributed by atoms with E-state index in [1.54, 1.807) is 36.5 Å². The van der Waals surface area contributed by atoms with Crippen molar-refractivity contribution in [1.29, 1.82) is 0 Å². The van der Waals surface area contributed by atoms with E-state index in [1.165, 1.54) is 0 Å². The molecule has 0 aromatic heterocycles. The third-order valence-corrected chi connectivity index (χ3v) is 14.8. The molecule has 0 saturated heterocycles. The summed E-state index contributed by atoms with van der Waals surface area (Å²) in [6, 6.07) is 46.5. The van der Waals surface area contributed by atoms with E-state index in [-0.39, 0.29) is 10.8 Å². The molecule has 6 aliphatic carbocycles. The van der Waals surface area contributed by atoms with Crippen LogP contribution in [0, 0.1) is 35.5 Å². The number of hydrogen-bond donors (Lipinski definition) is 0. The molecule has 6 aromatic carbocycles. The molecule has 0 saturated carbocycles. The van der Waals surface area contributed by atoms with Gasteiger partial charge in [-0.1, -0.05) is 219 Å². The number of carbonyl (C=O) groups excluding carboxylic acids is 6. The molecule has 12 rings (SSSR count). The van der Waals surface area contributed by atoms with Gasteiger partial charge in [0.1, 0.15) is 0 Å². The summed E-state index contributed by atoms with van der Waals surface area (Å²) in [6.07, 6.45) is 23.9. The van der Waals surface area contributed by atoms with Crippen LogP contribution in [0.5, 0.6) is 0 Å². The van der Waals surface area contributed by atoms with E-state index < -0.39 is 71.3 Å². The van der Waals surface area contributed by atoms with E-state index in [0.29, 0.717) is 38.5 Å². The Bertz CT molecular complexity index is 2970. The molecule has 400 valence electrons.